The summed E-state index contributed by atoms with van der Waals surface area (Å²) in [6.07, 6.45) is 45.9. The van der Waals surface area contributed by atoms with E-state index in [9.17, 15) is 43.2 Å². The van der Waals surface area contributed by atoms with Crippen LogP contribution in [-0.4, -0.2) is 96.7 Å². The molecule has 0 heterocycles. The van der Waals surface area contributed by atoms with E-state index in [0.717, 1.165) is 114 Å². The van der Waals surface area contributed by atoms with Crippen molar-refractivity contribution in [3.8, 4) is 0 Å². The number of aliphatic hydroxyl groups is 1. The Morgan fingerprint density at radius 2 is 0.457 bits per heavy atom. The molecule has 19 heteroatoms. The maximum Gasteiger partial charge on any atom is 0.472 e. The van der Waals surface area contributed by atoms with Crippen molar-refractivity contribution in [1.82, 2.24) is 0 Å². The second-order valence-corrected chi connectivity index (χ2v) is 31.1. The molecule has 0 aliphatic heterocycles. The summed E-state index contributed by atoms with van der Waals surface area (Å²) in [7, 11) is -9.91. The molecule has 0 aromatic carbocycles. The molecular formula is C73H142O17P2. The third-order valence-electron chi connectivity index (χ3n) is 16.8. The molecule has 546 valence electrons. The van der Waals surface area contributed by atoms with E-state index in [0.29, 0.717) is 31.6 Å². The summed E-state index contributed by atoms with van der Waals surface area (Å²) < 4.78 is 68.4. The van der Waals surface area contributed by atoms with Crippen LogP contribution < -0.4 is 0 Å². The molecule has 0 saturated carbocycles. The van der Waals surface area contributed by atoms with Crippen LogP contribution in [0.5, 0.6) is 0 Å². The summed E-state index contributed by atoms with van der Waals surface area (Å²) >= 11 is 0. The summed E-state index contributed by atoms with van der Waals surface area (Å²) in [4.78, 5) is 72.7. The normalized spacial score (nSPS) is 14.2. The molecule has 0 radical (unpaired) electrons. The van der Waals surface area contributed by atoms with Crippen molar-refractivity contribution in [2.75, 3.05) is 39.6 Å². The predicted molar refractivity (Wildman–Crippen MR) is 372 cm³/mol. The van der Waals surface area contributed by atoms with Crippen LogP contribution in [0.2, 0.25) is 0 Å². The molecule has 0 spiro atoms. The van der Waals surface area contributed by atoms with Crippen LogP contribution in [0.1, 0.15) is 364 Å². The van der Waals surface area contributed by atoms with Gasteiger partial charge in [-0.2, -0.15) is 0 Å². The molecule has 0 aliphatic carbocycles. The maximum atomic E-state index is 13.0. The lowest BCUT2D eigenvalue weighted by atomic mass is 10.0. The van der Waals surface area contributed by atoms with Crippen LogP contribution in [0.3, 0.4) is 0 Å². The lowest BCUT2D eigenvalue weighted by Gasteiger charge is -2.21. The molecule has 0 aromatic rings. The lowest BCUT2D eigenvalue weighted by molar-refractivity contribution is -0.161. The predicted octanol–water partition coefficient (Wildman–Crippen LogP) is 20.9. The number of phosphoric acid groups is 2. The quantitative estimate of drug-likeness (QED) is 0.0222. The van der Waals surface area contributed by atoms with Crippen molar-refractivity contribution in [2.24, 2.45) is 23.7 Å². The fourth-order valence-corrected chi connectivity index (χ4v) is 12.6. The highest BCUT2D eigenvalue weighted by Gasteiger charge is 2.30. The van der Waals surface area contributed by atoms with Crippen molar-refractivity contribution >= 4 is 39.5 Å². The molecule has 0 aliphatic rings. The first kappa shape index (κ1) is 90.1. The fraction of sp³-hybridized carbons (Fsp3) is 0.945. The number of aliphatic hydroxyl groups excluding tert-OH is 1. The number of carbonyl (C=O) groups excluding carboxylic acids is 4. The minimum Gasteiger partial charge on any atom is -0.462 e. The van der Waals surface area contributed by atoms with E-state index in [2.05, 4.69) is 55.4 Å². The Balaban J connectivity index is 5.23. The molecule has 0 rings (SSSR count). The van der Waals surface area contributed by atoms with Gasteiger partial charge in [-0.25, -0.2) is 9.13 Å². The van der Waals surface area contributed by atoms with Crippen LogP contribution >= 0.6 is 15.6 Å². The Kier molecular flexibility index (Phi) is 61.3. The Hall–Kier alpha value is -1.94. The van der Waals surface area contributed by atoms with Crippen LogP contribution in [0.4, 0.5) is 0 Å². The number of phosphoric ester groups is 2. The standard InChI is InChI=1S/C73H142O17P2/c1-63(2)49-41-33-25-18-14-10-9-11-17-21-30-39-47-55-72(77)89-69(60-84-71(76)54-46-38-32-24-28-36-44-52-66(7)8)62-88-92(81,82)86-58-67(74)57-85-91(79,80)87-61-68(90-73(78)56-48-40-31-23-22-27-35-43-51-65(5)6)59-83-70(75)53-45-37-29-20-16-13-12-15-19-26-34-42-50-64(3)4/h63-69,74H,9-62H2,1-8H3,(H,79,80)(H,81,82)/t67?,68-,69-/m1/s1. The zero-order valence-corrected chi connectivity index (χ0v) is 62.0. The molecular weight excluding hydrogens is 1210 g/mol. The number of carbonyl (C=O) groups is 4. The van der Waals surface area contributed by atoms with Gasteiger partial charge in [-0.15, -0.1) is 0 Å². The van der Waals surface area contributed by atoms with Gasteiger partial charge >= 0.3 is 39.5 Å². The number of rotatable bonds is 70. The highest BCUT2D eigenvalue weighted by molar-refractivity contribution is 7.47. The summed E-state index contributed by atoms with van der Waals surface area (Å²) in [5.41, 5.74) is 0. The first-order chi connectivity index (χ1) is 44.1. The highest BCUT2D eigenvalue weighted by Crippen LogP contribution is 2.45. The van der Waals surface area contributed by atoms with Crippen molar-refractivity contribution in [3.63, 3.8) is 0 Å². The summed E-state index contributed by atoms with van der Waals surface area (Å²) in [6, 6.07) is 0. The molecule has 0 amide bonds. The van der Waals surface area contributed by atoms with Gasteiger partial charge in [0.25, 0.3) is 0 Å². The van der Waals surface area contributed by atoms with Gasteiger partial charge in [0.15, 0.2) is 12.2 Å². The number of unbranched alkanes of at least 4 members (excludes halogenated alkanes) is 36. The lowest BCUT2D eigenvalue weighted by Crippen LogP contribution is -2.30. The van der Waals surface area contributed by atoms with E-state index in [1.807, 2.05) is 0 Å². The Bertz CT molecular complexity index is 1790. The third-order valence-corrected chi connectivity index (χ3v) is 18.7. The van der Waals surface area contributed by atoms with E-state index in [4.69, 9.17) is 37.0 Å². The van der Waals surface area contributed by atoms with Gasteiger partial charge in [0.1, 0.15) is 19.3 Å². The van der Waals surface area contributed by atoms with Gasteiger partial charge in [0.05, 0.1) is 26.4 Å². The second kappa shape index (κ2) is 62.6. The Morgan fingerprint density at radius 3 is 0.674 bits per heavy atom. The molecule has 3 unspecified atom stereocenters. The fourth-order valence-electron chi connectivity index (χ4n) is 11.0. The smallest absolute Gasteiger partial charge is 0.462 e. The maximum absolute atomic E-state index is 13.0. The van der Waals surface area contributed by atoms with E-state index < -0.39 is 97.5 Å². The molecule has 0 fully saturated rings. The number of ether oxygens (including phenoxy) is 4. The molecule has 0 aromatic heterocycles. The zero-order valence-electron chi connectivity index (χ0n) is 60.2. The van der Waals surface area contributed by atoms with Gasteiger partial charge in [-0.3, -0.25) is 37.3 Å². The Labute approximate surface area is 562 Å². The largest absolute Gasteiger partial charge is 0.472 e. The summed E-state index contributed by atoms with van der Waals surface area (Å²) in [6.45, 7) is 14.1. The first-order valence-corrected chi connectivity index (χ1v) is 40.7. The Morgan fingerprint density at radius 1 is 0.272 bits per heavy atom. The molecule has 92 heavy (non-hydrogen) atoms. The van der Waals surface area contributed by atoms with Gasteiger partial charge in [0.2, 0.25) is 0 Å². The first-order valence-electron chi connectivity index (χ1n) is 37.7. The van der Waals surface area contributed by atoms with Crippen molar-refractivity contribution in [3.05, 3.63) is 0 Å². The van der Waals surface area contributed by atoms with Gasteiger partial charge in [-0.05, 0) is 49.4 Å². The summed E-state index contributed by atoms with van der Waals surface area (Å²) in [5, 5.41) is 10.6. The van der Waals surface area contributed by atoms with Crippen LogP contribution in [0.15, 0.2) is 0 Å². The molecule has 0 saturated heterocycles. The van der Waals surface area contributed by atoms with Gasteiger partial charge < -0.3 is 33.8 Å². The molecule has 17 nitrogen and oxygen atoms in total. The van der Waals surface area contributed by atoms with E-state index >= 15 is 0 Å². The van der Waals surface area contributed by atoms with Crippen LogP contribution in [0, 0.1) is 23.7 Å². The van der Waals surface area contributed by atoms with Crippen molar-refractivity contribution in [2.45, 2.75) is 382 Å². The SMILES string of the molecule is CC(C)CCCCCCCCCCCCCCCC(=O)O[C@H](COC(=O)CCCCCCCCCC(C)C)COP(=O)(O)OCC(O)COP(=O)(O)OC[C@@H](COC(=O)CCCCCCCCCCCCCCC(C)C)OC(=O)CCCCCCCCCCC(C)C. The third kappa shape index (κ3) is 66.7. The molecule has 0 bridgehead atoms. The second-order valence-electron chi connectivity index (χ2n) is 28.2. The van der Waals surface area contributed by atoms with E-state index in [1.165, 1.54) is 161 Å². The van der Waals surface area contributed by atoms with E-state index in [1.54, 1.807) is 0 Å². The average Bonchev–Trinajstić information content (AvgIpc) is 3.34. The topological polar surface area (TPSA) is 237 Å². The van der Waals surface area contributed by atoms with Crippen LogP contribution in [-0.2, 0) is 65.4 Å². The minimum atomic E-state index is -4.95. The van der Waals surface area contributed by atoms with Crippen molar-refractivity contribution in [1.29, 1.82) is 0 Å². The van der Waals surface area contributed by atoms with Gasteiger partial charge in [0, 0.05) is 25.7 Å². The number of hydrogen-bond donors (Lipinski definition) is 3. The van der Waals surface area contributed by atoms with Gasteiger partial charge in [-0.1, -0.05) is 312 Å². The minimum absolute atomic E-state index is 0.104. The zero-order chi connectivity index (χ0) is 68.2. The highest BCUT2D eigenvalue weighted by atomic mass is 31.2. The summed E-state index contributed by atoms with van der Waals surface area (Å²) in [5.74, 6) is 0.865. The number of hydrogen-bond acceptors (Lipinski definition) is 15. The monoisotopic (exact) mass is 1350 g/mol. The van der Waals surface area contributed by atoms with Crippen molar-refractivity contribution < 1.29 is 80.2 Å². The molecule has 5 atom stereocenters. The molecule has 3 N–H and O–H groups in total. The van der Waals surface area contributed by atoms with E-state index in [-0.39, 0.29) is 25.7 Å². The average molecular weight is 1350 g/mol. The van der Waals surface area contributed by atoms with Crippen LogP contribution in [0.25, 0.3) is 0 Å². The number of esters is 4.